The maximum atomic E-state index is 12.7. The lowest BCUT2D eigenvalue weighted by atomic mass is 9.96. The molecule has 1 aromatic heterocycles. The third-order valence-electron chi connectivity index (χ3n) is 4.52. The predicted octanol–water partition coefficient (Wildman–Crippen LogP) is 2.78. The van der Waals surface area contributed by atoms with Gasteiger partial charge in [-0.1, -0.05) is 6.07 Å². The van der Waals surface area contributed by atoms with Gasteiger partial charge in [-0.3, -0.25) is 14.4 Å². The van der Waals surface area contributed by atoms with Gasteiger partial charge >= 0.3 is 0 Å². The van der Waals surface area contributed by atoms with E-state index >= 15 is 0 Å². The zero-order valence-electron chi connectivity index (χ0n) is 15.6. The number of benzene rings is 1. The van der Waals surface area contributed by atoms with E-state index in [1.807, 2.05) is 6.92 Å². The number of nitrogens with zero attached hydrogens (tertiary/aromatic N) is 1. The fourth-order valence-corrected chi connectivity index (χ4v) is 3.12. The molecule has 7 nitrogen and oxygen atoms in total. The number of aromatic nitrogens is 1. The average molecular weight is 368 g/mol. The second-order valence-corrected chi connectivity index (χ2v) is 6.25. The number of Topliss-reactive ketones (excluding diaryl/α,β-unsaturated/α-hetero) is 1. The molecule has 0 aliphatic heterocycles. The van der Waals surface area contributed by atoms with Gasteiger partial charge in [-0.25, -0.2) is 0 Å². The van der Waals surface area contributed by atoms with Crippen LogP contribution in [0.4, 0.5) is 5.69 Å². The van der Waals surface area contributed by atoms with Gasteiger partial charge in [0.05, 0.1) is 12.7 Å². The number of fused-ring (bicyclic) bond motifs is 1. The Kier molecular flexibility index (Phi) is 4.85. The fraction of sp³-hybridized carbons (Fsp3) is 0.250. The highest BCUT2D eigenvalue weighted by atomic mass is 16.5. The summed E-state index contributed by atoms with van der Waals surface area (Å²) in [6.07, 6.45) is 1.21. The lowest BCUT2D eigenvalue weighted by Gasteiger charge is -2.14. The molecule has 0 saturated heterocycles. The number of methoxy groups -OCH3 is 1. The number of rotatable bonds is 5. The Balaban J connectivity index is 1.92. The zero-order chi connectivity index (χ0) is 19.7. The molecule has 1 aliphatic rings. The number of carbonyl (C=O) groups excluding carboxylic acids is 3. The molecule has 7 heteroatoms. The SMILES string of the molecule is COC1=CC(=O)c2c(c(COc3cccc(NC(C)=O)c3)c(C)n2C)C1=O. The maximum absolute atomic E-state index is 12.7. The summed E-state index contributed by atoms with van der Waals surface area (Å²) in [4.78, 5) is 36.3. The van der Waals surface area contributed by atoms with Gasteiger partial charge < -0.3 is 19.4 Å². The van der Waals surface area contributed by atoms with Crippen molar-refractivity contribution in [1.29, 1.82) is 0 Å². The molecule has 0 spiro atoms. The van der Waals surface area contributed by atoms with Crippen LogP contribution in [0.25, 0.3) is 0 Å². The number of amides is 1. The molecule has 1 N–H and O–H groups in total. The first-order chi connectivity index (χ1) is 12.8. The van der Waals surface area contributed by atoms with Gasteiger partial charge in [0, 0.05) is 43.1 Å². The van der Waals surface area contributed by atoms with E-state index < -0.39 is 0 Å². The first-order valence-corrected chi connectivity index (χ1v) is 8.36. The Morgan fingerprint density at radius 3 is 2.67 bits per heavy atom. The molecule has 1 aromatic carbocycles. The summed E-state index contributed by atoms with van der Waals surface area (Å²) in [7, 11) is 3.10. The lowest BCUT2D eigenvalue weighted by Crippen LogP contribution is -2.20. The summed E-state index contributed by atoms with van der Waals surface area (Å²) < 4.78 is 12.6. The lowest BCUT2D eigenvalue weighted by molar-refractivity contribution is -0.114. The monoisotopic (exact) mass is 368 g/mol. The minimum Gasteiger partial charge on any atom is -0.492 e. The van der Waals surface area contributed by atoms with E-state index in [0.29, 0.717) is 28.3 Å². The number of nitrogens with one attached hydrogen (secondary N) is 1. The summed E-state index contributed by atoms with van der Waals surface area (Å²) >= 11 is 0. The van der Waals surface area contributed by atoms with E-state index in [-0.39, 0.29) is 29.8 Å². The molecule has 2 aromatic rings. The van der Waals surface area contributed by atoms with Crippen molar-refractivity contribution in [3.05, 3.63) is 58.6 Å². The van der Waals surface area contributed by atoms with Crippen LogP contribution >= 0.6 is 0 Å². The third-order valence-corrected chi connectivity index (χ3v) is 4.52. The van der Waals surface area contributed by atoms with Crippen LogP contribution < -0.4 is 10.1 Å². The van der Waals surface area contributed by atoms with Crippen molar-refractivity contribution >= 4 is 23.2 Å². The number of hydrogen-bond donors (Lipinski definition) is 1. The standard InChI is InChI=1S/C20H20N2O5/c1-11-15(10-27-14-7-5-6-13(8-14)21-12(2)23)18-19(22(11)3)16(24)9-17(26-4)20(18)25/h5-9H,10H2,1-4H3,(H,21,23). The Morgan fingerprint density at radius 1 is 1.26 bits per heavy atom. The first kappa shape index (κ1) is 18.4. The molecular formula is C20H20N2O5. The van der Waals surface area contributed by atoms with Crippen LogP contribution in [0.3, 0.4) is 0 Å². The number of carbonyl (C=O) groups is 3. The Morgan fingerprint density at radius 2 is 2.00 bits per heavy atom. The van der Waals surface area contributed by atoms with E-state index in [2.05, 4.69) is 5.32 Å². The molecule has 0 fully saturated rings. The summed E-state index contributed by atoms with van der Waals surface area (Å²) in [5.74, 6) is -0.224. The van der Waals surface area contributed by atoms with Crippen molar-refractivity contribution < 1.29 is 23.9 Å². The van der Waals surface area contributed by atoms with E-state index in [4.69, 9.17) is 9.47 Å². The molecule has 3 rings (SSSR count). The van der Waals surface area contributed by atoms with Gasteiger partial charge in [-0.05, 0) is 19.1 Å². The van der Waals surface area contributed by atoms with Gasteiger partial charge in [-0.2, -0.15) is 0 Å². The van der Waals surface area contributed by atoms with Crippen LogP contribution in [-0.4, -0.2) is 29.2 Å². The third kappa shape index (κ3) is 3.36. The first-order valence-electron chi connectivity index (χ1n) is 8.36. The summed E-state index contributed by atoms with van der Waals surface area (Å²) in [5.41, 5.74) is 2.67. The van der Waals surface area contributed by atoms with Crippen LogP contribution in [0.5, 0.6) is 5.75 Å². The molecule has 27 heavy (non-hydrogen) atoms. The van der Waals surface area contributed by atoms with Crippen molar-refractivity contribution in [3.63, 3.8) is 0 Å². The fourth-order valence-electron chi connectivity index (χ4n) is 3.12. The number of ketones is 2. The smallest absolute Gasteiger partial charge is 0.230 e. The zero-order valence-corrected chi connectivity index (χ0v) is 15.6. The highest BCUT2D eigenvalue weighted by molar-refractivity contribution is 6.24. The molecule has 0 bridgehead atoms. The van der Waals surface area contributed by atoms with Crippen LogP contribution in [-0.2, 0) is 23.2 Å². The van der Waals surface area contributed by atoms with Crippen molar-refractivity contribution in [3.8, 4) is 5.75 Å². The molecular weight excluding hydrogens is 348 g/mol. The van der Waals surface area contributed by atoms with Crippen molar-refractivity contribution in [2.45, 2.75) is 20.5 Å². The number of allylic oxidation sites excluding steroid dienone is 2. The molecule has 1 heterocycles. The van der Waals surface area contributed by atoms with Gasteiger partial charge in [0.1, 0.15) is 18.1 Å². The normalized spacial score (nSPS) is 13.1. The summed E-state index contributed by atoms with van der Waals surface area (Å²) in [6.45, 7) is 3.36. The molecule has 1 aliphatic carbocycles. The summed E-state index contributed by atoms with van der Waals surface area (Å²) in [5, 5.41) is 2.69. The van der Waals surface area contributed by atoms with Gasteiger partial charge in [0.2, 0.25) is 17.5 Å². The molecule has 0 saturated carbocycles. The maximum Gasteiger partial charge on any atom is 0.230 e. The quantitative estimate of drug-likeness (QED) is 0.877. The number of anilines is 1. The highest BCUT2D eigenvalue weighted by Crippen LogP contribution is 2.30. The average Bonchev–Trinajstić information content (AvgIpc) is 2.88. The van der Waals surface area contributed by atoms with E-state index in [9.17, 15) is 14.4 Å². The minimum atomic E-state index is -0.332. The highest BCUT2D eigenvalue weighted by Gasteiger charge is 2.34. The Bertz CT molecular complexity index is 984. The molecule has 1 amide bonds. The van der Waals surface area contributed by atoms with Gasteiger partial charge in [0.25, 0.3) is 0 Å². The molecule has 0 unspecified atom stereocenters. The van der Waals surface area contributed by atoms with E-state index in [1.54, 1.807) is 35.9 Å². The molecule has 0 atom stereocenters. The van der Waals surface area contributed by atoms with Crippen molar-refractivity contribution in [1.82, 2.24) is 4.57 Å². The van der Waals surface area contributed by atoms with Gasteiger partial charge in [-0.15, -0.1) is 0 Å². The van der Waals surface area contributed by atoms with E-state index in [1.165, 1.54) is 20.1 Å². The van der Waals surface area contributed by atoms with E-state index in [0.717, 1.165) is 5.69 Å². The topological polar surface area (TPSA) is 86.6 Å². The minimum absolute atomic E-state index is 0.0204. The second kappa shape index (κ2) is 7.11. The number of hydrogen-bond acceptors (Lipinski definition) is 5. The van der Waals surface area contributed by atoms with Gasteiger partial charge in [0.15, 0.2) is 5.76 Å². The number of ether oxygens (including phenoxy) is 2. The predicted molar refractivity (Wildman–Crippen MR) is 99.0 cm³/mol. The Labute approximate surface area is 156 Å². The van der Waals surface area contributed by atoms with Crippen LogP contribution in [0.15, 0.2) is 36.1 Å². The summed E-state index contributed by atoms with van der Waals surface area (Å²) in [6, 6.07) is 6.96. The van der Waals surface area contributed by atoms with Crippen LogP contribution in [0.2, 0.25) is 0 Å². The van der Waals surface area contributed by atoms with Crippen LogP contribution in [0, 0.1) is 6.92 Å². The largest absolute Gasteiger partial charge is 0.492 e. The van der Waals surface area contributed by atoms with Crippen LogP contribution in [0.1, 0.15) is 39.0 Å². The van der Waals surface area contributed by atoms with Crippen molar-refractivity contribution in [2.75, 3.05) is 12.4 Å². The molecule has 140 valence electrons. The second-order valence-electron chi connectivity index (χ2n) is 6.25. The Hall–Kier alpha value is -3.35. The van der Waals surface area contributed by atoms with Crippen molar-refractivity contribution in [2.24, 2.45) is 7.05 Å². The molecule has 0 radical (unpaired) electrons.